The van der Waals surface area contributed by atoms with Crippen LogP contribution in [0.25, 0.3) is 110 Å². The molecule has 11 rings (SSSR count). The zero-order valence-corrected chi connectivity index (χ0v) is 28.5. The van der Waals surface area contributed by atoms with Crippen LogP contribution in [0.5, 0.6) is 0 Å². The summed E-state index contributed by atoms with van der Waals surface area (Å²) in [6.07, 6.45) is 0. The van der Waals surface area contributed by atoms with E-state index in [4.69, 9.17) is 19.4 Å². The summed E-state index contributed by atoms with van der Waals surface area (Å²) in [4.78, 5) is 15.7. The van der Waals surface area contributed by atoms with Crippen molar-refractivity contribution in [3.63, 3.8) is 0 Å². The Morgan fingerprint density at radius 2 is 0.925 bits per heavy atom. The van der Waals surface area contributed by atoms with Crippen molar-refractivity contribution in [2.75, 3.05) is 0 Å². The first-order valence-corrected chi connectivity index (χ1v) is 17.8. The van der Waals surface area contributed by atoms with E-state index in [1.54, 1.807) is 0 Å². The van der Waals surface area contributed by atoms with Crippen LogP contribution in [0, 0.1) is 0 Å². The molecule has 0 unspecified atom stereocenters. The summed E-state index contributed by atoms with van der Waals surface area (Å²) < 4.78 is 6.20. The molecular weight excluding hydrogens is 647 g/mol. The molecule has 0 N–H and O–H groups in total. The lowest BCUT2D eigenvalue weighted by atomic mass is 9.96. The summed E-state index contributed by atoms with van der Waals surface area (Å²) in [5, 5.41) is 11.3. The molecule has 0 saturated carbocycles. The third kappa shape index (κ3) is 4.88. The highest BCUT2D eigenvalue weighted by molar-refractivity contribution is 6.13. The van der Waals surface area contributed by atoms with Crippen molar-refractivity contribution < 1.29 is 4.42 Å². The highest BCUT2D eigenvalue weighted by Gasteiger charge is 2.17. The first-order chi connectivity index (χ1) is 26.2. The molecule has 2 aromatic heterocycles. The molecule has 4 nitrogen and oxygen atoms in total. The lowest BCUT2D eigenvalue weighted by Crippen LogP contribution is -2.01. The quantitative estimate of drug-likeness (QED) is 0.174. The Hall–Kier alpha value is -7.17. The molecule has 0 aliphatic rings. The molecule has 0 radical (unpaired) electrons. The Morgan fingerprint density at radius 1 is 0.283 bits per heavy atom. The second-order valence-corrected chi connectivity index (χ2v) is 13.6. The highest BCUT2D eigenvalue weighted by atomic mass is 16.3. The van der Waals surface area contributed by atoms with Gasteiger partial charge < -0.3 is 4.42 Å². The van der Waals surface area contributed by atoms with Gasteiger partial charge in [-0.1, -0.05) is 140 Å². The zero-order chi connectivity index (χ0) is 34.9. The van der Waals surface area contributed by atoms with Gasteiger partial charge in [0.05, 0.1) is 0 Å². The molecule has 0 amide bonds. The van der Waals surface area contributed by atoms with Crippen molar-refractivity contribution in [2.45, 2.75) is 0 Å². The van der Waals surface area contributed by atoms with E-state index >= 15 is 0 Å². The third-order valence-electron chi connectivity index (χ3n) is 10.5. The molecule has 0 spiro atoms. The average Bonchev–Trinajstić information content (AvgIpc) is 3.59. The first-order valence-electron chi connectivity index (χ1n) is 17.8. The summed E-state index contributed by atoms with van der Waals surface area (Å²) >= 11 is 0. The van der Waals surface area contributed by atoms with Gasteiger partial charge in [-0.3, -0.25) is 0 Å². The van der Waals surface area contributed by atoms with Crippen molar-refractivity contribution in [3.05, 3.63) is 176 Å². The van der Waals surface area contributed by atoms with Crippen LogP contribution in [0.2, 0.25) is 0 Å². The van der Waals surface area contributed by atoms with Gasteiger partial charge in [-0.15, -0.1) is 0 Å². The Morgan fingerprint density at radius 3 is 1.77 bits per heavy atom. The van der Waals surface area contributed by atoms with Crippen LogP contribution in [0.15, 0.2) is 180 Å². The molecule has 11 aromatic rings. The SMILES string of the molecule is c1ccc(-c2cccc3cc(-c4nc(-c5ccc6cc7oc8ccccc8c7cc6c5)nc(-c5cc6ccccc6c6ccccc56)n4)ccc23)cc1. The predicted octanol–water partition coefficient (Wildman–Crippen LogP) is 13.1. The number of para-hydroxylation sites is 1. The van der Waals surface area contributed by atoms with E-state index in [2.05, 4.69) is 164 Å². The lowest BCUT2D eigenvalue weighted by Gasteiger charge is -2.13. The summed E-state index contributed by atoms with van der Waals surface area (Å²) in [6.45, 7) is 0. The smallest absolute Gasteiger partial charge is 0.164 e. The van der Waals surface area contributed by atoms with Gasteiger partial charge in [-0.05, 0) is 90.6 Å². The van der Waals surface area contributed by atoms with Gasteiger partial charge in [-0.2, -0.15) is 0 Å². The molecule has 0 aliphatic carbocycles. The fourth-order valence-electron chi connectivity index (χ4n) is 7.89. The molecule has 246 valence electrons. The maximum atomic E-state index is 6.20. The van der Waals surface area contributed by atoms with Crippen LogP contribution in [-0.2, 0) is 0 Å². The maximum absolute atomic E-state index is 6.20. The van der Waals surface area contributed by atoms with Crippen LogP contribution < -0.4 is 0 Å². The van der Waals surface area contributed by atoms with Crippen LogP contribution >= 0.6 is 0 Å². The number of hydrogen-bond acceptors (Lipinski definition) is 4. The summed E-state index contributed by atoms with van der Waals surface area (Å²) in [5.74, 6) is 1.89. The fraction of sp³-hybridized carbons (Fsp3) is 0. The van der Waals surface area contributed by atoms with Gasteiger partial charge >= 0.3 is 0 Å². The number of furan rings is 1. The van der Waals surface area contributed by atoms with E-state index in [0.29, 0.717) is 17.5 Å². The molecule has 0 fully saturated rings. The molecule has 53 heavy (non-hydrogen) atoms. The van der Waals surface area contributed by atoms with Crippen LogP contribution in [0.3, 0.4) is 0 Å². The summed E-state index contributed by atoms with van der Waals surface area (Å²) in [7, 11) is 0. The van der Waals surface area contributed by atoms with Crippen LogP contribution in [0.4, 0.5) is 0 Å². The largest absolute Gasteiger partial charge is 0.456 e. The van der Waals surface area contributed by atoms with Crippen LogP contribution in [-0.4, -0.2) is 15.0 Å². The molecule has 0 saturated heterocycles. The van der Waals surface area contributed by atoms with Crippen molar-refractivity contribution in [1.29, 1.82) is 0 Å². The fourth-order valence-corrected chi connectivity index (χ4v) is 7.89. The molecule has 0 atom stereocenters. The van der Waals surface area contributed by atoms with E-state index in [1.807, 2.05) is 12.1 Å². The number of rotatable bonds is 4. The Labute approximate surface area is 304 Å². The molecule has 0 bridgehead atoms. The number of aromatic nitrogens is 3. The van der Waals surface area contributed by atoms with Gasteiger partial charge in [0.15, 0.2) is 17.5 Å². The number of nitrogens with zero attached hydrogens (tertiary/aromatic N) is 3. The Balaban J connectivity index is 1.14. The van der Waals surface area contributed by atoms with E-state index in [0.717, 1.165) is 65.6 Å². The van der Waals surface area contributed by atoms with Gasteiger partial charge in [0.25, 0.3) is 0 Å². The minimum absolute atomic E-state index is 0.624. The van der Waals surface area contributed by atoms with Crippen molar-refractivity contribution >= 4 is 65.0 Å². The van der Waals surface area contributed by atoms with Crippen LogP contribution in [0.1, 0.15) is 0 Å². The zero-order valence-electron chi connectivity index (χ0n) is 28.5. The van der Waals surface area contributed by atoms with Crippen molar-refractivity contribution in [2.24, 2.45) is 0 Å². The Kier molecular flexibility index (Phi) is 6.52. The van der Waals surface area contributed by atoms with Crippen molar-refractivity contribution in [3.8, 4) is 45.3 Å². The first kappa shape index (κ1) is 29.5. The third-order valence-corrected chi connectivity index (χ3v) is 10.5. The molecular formula is C49H29N3O. The lowest BCUT2D eigenvalue weighted by molar-refractivity contribution is 0.669. The highest BCUT2D eigenvalue weighted by Crippen LogP contribution is 2.38. The van der Waals surface area contributed by atoms with Gasteiger partial charge in [0.1, 0.15) is 11.2 Å². The maximum Gasteiger partial charge on any atom is 0.164 e. The molecule has 0 aliphatic heterocycles. The monoisotopic (exact) mass is 675 g/mol. The molecule has 2 heterocycles. The van der Waals surface area contributed by atoms with E-state index in [9.17, 15) is 0 Å². The second kappa shape index (κ2) is 11.7. The van der Waals surface area contributed by atoms with Gasteiger partial charge in [0, 0.05) is 27.5 Å². The Bertz CT molecular complexity index is 3240. The molecule has 4 heteroatoms. The average molecular weight is 676 g/mol. The summed E-state index contributed by atoms with van der Waals surface area (Å²) in [6, 6.07) is 61.7. The van der Waals surface area contributed by atoms with E-state index in [1.165, 1.54) is 27.3 Å². The minimum atomic E-state index is 0.624. The van der Waals surface area contributed by atoms with Gasteiger partial charge in [0.2, 0.25) is 0 Å². The van der Waals surface area contributed by atoms with E-state index in [-0.39, 0.29) is 0 Å². The number of fused-ring (bicyclic) bond motifs is 8. The summed E-state index contributed by atoms with van der Waals surface area (Å²) in [5.41, 5.74) is 6.99. The second-order valence-electron chi connectivity index (χ2n) is 13.6. The van der Waals surface area contributed by atoms with Crippen molar-refractivity contribution in [1.82, 2.24) is 15.0 Å². The standard InChI is InChI=1S/C49H29N3O/c1-2-11-30(12-3-1)37-19-10-14-32-25-35(23-24-39(32)37)48-50-47(34-22-21-31-29-46-43(28-36(31)26-34)42-18-8-9-20-45(42)53-46)51-49(52-48)44-27-33-13-4-5-15-38(33)40-16-6-7-17-41(40)44/h1-29H. The van der Waals surface area contributed by atoms with E-state index < -0.39 is 0 Å². The topological polar surface area (TPSA) is 51.8 Å². The number of benzene rings is 9. The minimum Gasteiger partial charge on any atom is -0.456 e. The predicted molar refractivity (Wildman–Crippen MR) is 219 cm³/mol. The number of hydrogen-bond donors (Lipinski definition) is 0. The molecule has 9 aromatic carbocycles. The van der Waals surface area contributed by atoms with Gasteiger partial charge in [-0.25, -0.2) is 15.0 Å². The normalized spacial score (nSPS) is 11.8.